The predicted octanol–water partition coefficient (Wildman–Crippen LogP) is 2.96. The van der Waals surface area contributed by atoms with Gasteiger partial charge in [0.2, 0.25) is 0 Å². The molecule has 1 N–H and O–H groups in total. The first-order valence-corrected chi connectivity index (χ1v) is 8.47. The van der Waals surface area contributed by atoms with Crippen LogP contribution in [0.5, 0.6) is 0 Å². The first-order chi connectivity index (χ1) is 9.80. The van der Waals surface area contributed by atoms with E-state index >= 15 is 0 Å². The molecular weight excluding hydrogens is 264 g/mol. The second-order valence-electron chi connectivity index (χ2n) is 7.01. The van der Waals surface area contributed by atoms with Gasteiger partial charge in [-0.3, -0.25) is 10.1 Å². The molecule has 2 atom stereocenters. The molecule has 0 bridgehead atoms. The van der Waals surface area contributed by atoms with Crippen molar-refractivity contribution in [3.8, 4) is 0 Å². The van der Waals surface area contributed by atoms with Gasteiger partial charge in [-0.25, -0.2) is 0 Å². The first-order valence-electron chi connectivity index (χ1n) is 8.47. The molecule has 0 radical (unpaired) electrons. The fourth-order valence-corrected chi connectivity index (χ4v) is 3.53. The molecule has 1 rings (SSSR count). The summed E-state index contributed by atoms with van der Waals surface area (Å²) in [6.07, 6.45) is 6.02. The van der Waals surface area contributed by atoms with Crippen molar-refractivity contribution in [2.45, 2.75) is 90.4 Å². The molecule has 124 valence electrons. The van der Waals surface area contributed by atoms with Crippen LogP contribution in [0.2, 0.25) is 0 Å². The van der Waals surface area contributed by atoms with Crippen molar-refractivity contribution in [3.05, 3.63) is 0 Å². The summed E-state index contributed by atoms with van der Waals surface area (Å²) in [7, 11) is 2.20. The SMILES string of the molecule is CCOC(=O)C(C)(CC(C)N(C)C1CCCC1)NC(C)C. The van der Waals surface area contributed by atoms with Crippen molar-refractivity contribution in [2.75, 3.05) is 13.7 Å². The van der Waals surface area contributed by atoms with Crippen LogP contribution in [-0.4, -0.2) is 48.2 Å². The summed E-state index contributed by atoms with van der Waals surface area (Å²) in [4.78, 5) is 14.8. The number of hydrogen-bond acceptors (Lipinski definition) is 4. The molecule has 0 aliphatic heterocycles. The highest BCUT2D eigenvalue weighted by Gasteiger charge is 2.38. The molecule has 0 aromatic heterocycles. The molecule has 1 aliphatic rings. The Kier molecular flexibility index (Phi) is 7.14. The van der Waals surface area contributed by atoms with Crippen LogP contribution in [0.3, 0.4) is 0 Å². The zero-order valence-electron chi connectivity index (χ0n) is 14.7. The maximum absolute atomic E-state index is 12.4. The first kappa shape index (κ1) is 18.4. The number of nitrogens with zero attached hydrogens (tertiary/aromatic N) is 1. The zero-order valence-corrected chi connectivity index (χ0v) is 14.7. The van der Waals surface area contributed by atoms with Crippen molar-refractivity contribution in [2.24, 2.45) is 0 Å². The highest BCUT2D eigenvalue weighted by atomic mass is 16.5. The van der Waals surface area contributed by atoms with E-state index < -0.39 is 5.54 Å². The molecule has 0 aromatic rings. The number of carbonyl (C=O) groups is 1. The Hall–Kier alpha value is -0.610. The summed E-state index contributed by atoms with van der Waals surface area (Å²) in [6, 6.07) is 1.28. The Morgan fingerprint density at radius 3 is 2.38 bits per heavy atom. The van der Waals surface area contributed by atoms with Gasteiger partial charge < -0.3 is 9.64 Å². The van der Waals surface area contributed by atoms with E-state index in [2.05, 4.69) is 38.0 Å². The molecule has 1 fully saturated rings. The fourth-order valence-electron chi connectivity index (χ4n) is 3.53. The van der Waals surface area contributed by atoms with Crippen molar-refractivity contribution in [1.29, 1.82) is 0 Å². The third kappa shape index (κ3) is 5.26. The van der Waals surface area contributed by atoms with Gasteiger partial charge in [0.15, 0.2) is 0 Å². The van der Waals surface area contributed by atoms with Gasteiger partial charge in [-0.05, 0) is 60.9 Å². The van der Waals surface area contributed by atoms with E-state index in [0.717, 1.165) is 6.42 Å². The molecule has 0 heterocycles. The van der Waals surface area contributed by atoms with Crippen LogP contribution in [-0.2, 0) is 9.53 Å². The average molecular weight is 298 g/mol. The summed E-state index contributed by atoms with van der Waals surface area (Å²) in [5.74, 6) is -0.134. The average Bonchev–Trinajstić information content (AvgIpc) is 2.90. The van der Waals surface area contributed by atoms with Gasteiger partial charge in [0.25, 0.3) is 0 Å². The third-order valence-electron chi connectivity index (χ3n) is 4.63. The van der Waals surface area contributed by atoms with E-state index in [1.807, 2.05) is 13.8 Å². The molecule has 2 unspecified atom stereocenters. The van der Waals surface area contributed by atoms with Crippen molar-refractivity contribution in [1.82, 2.24) is 10.2 Å². The Labute approximate surface area is 130 Å². The summed E-state index contributed by atoms with van der Waals surface area (Å²) < 4.78 is 5.29. The van der Waals surface area contributed by atoms with Crippen LogP contribution in [0, 0.1) is 0 Å². The largest absolute Gasteiger partial charge is 0.465 e. The maximum atomic E-state index is 12.4. The topological polar surface area (TPSA) is 41.6 Å². The molecule has 1 saturated carbocycles. The van der Waals surface area contributed by atoms with Gasteiger partial charge in [-0.15, -0.1) is 0 Å². The van der Waals surface area contributed by atoms with Gasteiger partial charge in [-0.1, -0.05) is 12.8 Å². The summed E-state index contributed by atoms with van der Waals surface area (Å²) in [5.41, 5.74) is -0.615. The molecule has 0 spiro atoms. The quantitative estimate of drug-likeness (QED) is 0.700. The van der Waals surface area contributed by atoms with Crippen molar-refractivity contribution in [3.63, 3.8) is 0 Å². The number of carbonyl (C=O) groups excluding carboxylic acids is 1. The fraction of sp³-hybridized carbons (Fsp3) is 0.941. The van der Waals surface area contributed by atoms with Gasteiger partial charge in [0, 0.05) is 18.1 Å². The minimum atomic E-state index is -0.615. The number of ether oxygens (including phenoxy) is 1. The standard InChI is InChI=1S/C17H34N2O2/c1-7-21-16(20)17(5,18-13(2)3)12-14(4)19(6)15-10-8-9-11-15/h13-15,18H,7-12H2,1-6H3. The number of esters is 1. The number of nitrogens with one attached hydrogen (secondary N) is 1. The van der Waals surface area contributed by atoms with Crippen LogP contribution < -0.4 is 5.32 Å². The lowest BCUT2D eigenvalue weighted by molar-refractivity contribution is -0.151. The predicted molar refractivity (Wildman–Crippen MR) is 87.4 cm³/mol. The van der Waals surface area contributed by atoms with Gasteiger partial charge in [0.1, 0.15) is 5.54 Å². The lowest BCUT2D eigenvalue weighted by atomic mass is 9.91. The molecule has 4 heteroatoms. The molecule has 0 amide bonds. The third-order valence-corrected chi connectivity index (χ3v) is 4.63. The minimum Gasteiger partial charge on any atom is -0.465 e. The van der Waals surface area contributed by atoms with E-state index in [1.54, 1.807) is 0 Å². The Bertz CT molecular complexity index is 327. The van der Waals surface area contributed by atoms with Crippen molar-refractivity contribution < 1.29 is 9.53 Å². The van der Waals surface area contributed by atoms with Gasteiger partial charge in [0.05, 0.1) is 6.61 Å². The van der Waals surface area contributed by atoms with E-state index in [9.17, 15) is 4.79 Å². The highest BCUT2D eigenvalue weighted by molar-refractivity contribution is 5.80. The molecule has 21 heavy (non-hydrogen) atoms. The Morgan fingerprint density at radius 2 is 1.90 bits per heavy atom. The molecule has 0 aromatic carbocycles. The Balaban J connectivity index is 2.72. The lowest BCUT2D eigenvalue weighted by Gasteiger charge is -2.38. The second-order valence-corrected chi connectivity index (χ2v) is 7.01. The number of rotatable bonds is 8. The summed E-state index contributed by atoms with van der Waals surface area (Å²) >= 11 is 0. The second kappa shape index (κ2) is 8.14. The normalized spacial score (nSPS) is 20.8. The zero-order chi connectivity index (χ0) is 16.0. The minimum absolute atomic E-state index is 0.134. The van der Waals surface area contributed by atoms with Crippen LogP contribution in [0.4, 0.5) is 0 Å². The van der Waals surface area contributed by atoms with E-state index in [0.29, 0.717) is 18.7 Å². The van der Waals surface area contributed by atoms with Crippen LogP contribution in [0.1, 0.15) is 66.7 Å². The molecule has 1 aliphatic carbocycles. The molecule has 4 nitrogen and oxygen atoms in total. The summed E-state index contributed by atoms with van der Waals surface area (Å²) in [6.45, 7) is 10.6. The monoisotopic (exact) mass is 298 g/mol. The maximum Gasteiger partial charge on any atom is 0.326 e. The van der Waals surface area contributed by atoms with Gasteiger partial charge in [-0.2, -0.15) is 0 Å². The molecule has 0 saturated heterocycles. The lowest BCUT2D eigenvalue weighted by Crippen LogP contribution is -2.56. The Morgan fingerprint density at radius 1 is 1.33 bits per heavy atom. The van der Waals surface area contributed by atoms with Crippen LogP contribution in [0.25, 0.3) is 0 Å². The van der Waals surface area contributed by atoms with Crippen molar-refractivity contribution >= 4 is 5.97 Å². The smallest absolute Gasteiger partial charge is 0.326 e. The van der Waals surface area contributed by atoms with Gasteiger partial charge >= 0.3 is 5.97 Å². The highest BCUT2D eigenvalue weighted by Crippen LogP contribution is 2.27. The van der Waals surface area contributed by atoms with E-state index in [-0.39, 0.29) is 12.0 Å². The summed E-state index contributed by atoms with van der Waals surface area (Å²) in [5, 5.41) is 3.42. The van der Waals surface area contributed by atoms with E-state index in [4.69, 9.17) is 4.74 Å². The van der Waals surface area contributed by atoms with Crippen LogP contribution in [0.15, 0.2) is 0 Å². The number of hydrogen-bond donors (Lipinski definition) is 1. The van der Waals surface area contributed by atoms with E-state index in [1.165, 1.54) is 25.7 Å². The molecular formula is C17H34N2O2. The van der Waals surface area contributed by atoms with Crippen LogP contribution >= 0.6 is 0 Å².